The molecule has 2 aromatic rings. The summed E-state index contributed by atoms with van der Waals surface area (Å²) in [5, 5.41) is 0. The summed E-state index contributed by atoms with van der Waals surface area (Å²) in [7, 11) is -1.71. The van der Waals surface area contributed by atoms with Gasteiger partial charge in [0, 0.05) is 4.90 Å². The van der Waals surface area contributed by atoms with E-state index in [1.807, 2.05) is 59.7 Å². The van der Waals surface area contributed by atoms with E-state index in [1.54, 1.807) is 0 Å². The lowest BCUT2D eigenvalue weighted by atomic mass is 10.1. The third-order valence-corrected chi connectivity index (χ3v) is 18.4. The van der Waals surface area contributed by atoms with Gasteiger partial charge in [-0.05, 0) is 40.4 Å². The summed E-state index contributed by atoms with van der Waals surface area (Å²) in [5.74, 6) is -0.368. The Bertz CT molecular complexity index is 887. The summed E-state index contributed by atoms with van der Waals surface area (Å²) < 4.78 is 0. The molecular weight excluding hydrogens is 394 g/mol. The third kappa shape index (κ3) is 3.95. The van der Waals surface area contributed by atoms with Crippen LogP contribution in [0.1, 0.15) is 67.8 Å². The van der Waals surface area contributed by atoms with E-state index >= 15 is 0 Å². The molecule has 0 fully saturated rings. The molecular formula is C24H31NO2SSi. The molecule has 3 rings (SSSR count). The normalized spacial score (nSPS) is 14.4. The van der Waals surface area contributed by atoms with E-state index in [0.717, 1.165) is 10.5 Å². The molecule has 2 amide bonds. The Labute approximate surface area is 179 Å². The molecule has 5 heteroatoms. The van der Waals surface area contributed by atoms with Gasteiger partial charge in [0.25, 0.3) is 11.8 Å². The SMILES string of the molecule is CC(C)[Si](Sc1ccc2c(c1)C(=O)N(Cc1ccccc1)C2=O)(C(C)C)C(C)C. The number of imide groups is 1. The highest BCUT2D eigenvalue weighted by molar-refractivity contribution is 8.29. The molecule has 29 heavy (non-hydrogen) atoms. The van der Waals surface area contributed by atoms with E-state index in [9.17, 15) is 9.59 Å². The molecule has 0 saturated heterocycles. The maximum Gasteiger partial charge on any atom is 0.261 e. The Kier molecular flexibility index (Phi) is 6.39. The number of carbonyl (C=O) groups excluding carboxylic acids is 2. The fourth-order valence-electron chi connectivity index (χ4n) is 4.80. The molecule has 1 heterocycles. The molecule has 3 nitrogen and oxygen atoms in total. The second-order valence-corrected chi connectivity index (χ2v) is 17.4. The first kappa shape index (κ1) is 21.8. The van der Waals surface area contributed by atoms with E-state index in [-0.39, 0.29) is 11.8 Å². The van der Waals surface area contributed by atoms with Gasteiger partial charge in [-0.15, -0.1) is 0 Å². The number of rotatable bonds is 7. The lowest BCUT2D eigenvalue weighted by Crippen LogP contribution is -2.40. The average molecular weight is 426 g/mol. The van der Waals surface area contributed by atoms with Crippen LogP contribution in [0.4, 0.5) is 0 Å². The Balaban J connectivity index is 1.91. The van der Waals surface area contributed by atoms with Crippen molar-refractivity contribution in [2.75, 3.05) is 0 Å². The molecule has 0 saturated carbocycles. The zero-order chi connectivity index (χ0) is 21.3. The highest BCUT2D eigenvalue weighted by Gasteiger charge is 2.44. The minimum absolute atomic E-state index is 0.179. The van der Waals surface area contributed by atoms with Crippen LogP contribution >= 0.6 is 11.2 Å². The summed E-state index contributed by atoms with van der Waals surface area (Å²) in [6.45, 7) is 14.3. The van der Waals surface area contributed by atoms with Gasteiger partial charge in [-0.25, -0.2) is 0 Å². The monoisotopic (exact) mass is 425 g/mol. The van der Waals surface area contributed by atoms with Gasteiger partial charge in [0.1, 0.15) is 7.22 Å². The molecule has 0 unspecified atom stereocenters. The van der Waals surface area contributed by atoms with Crippen LogP contribution in [-0.2, 0) is 6.54 Å². The summed E-state index contributed by atoms with van der Waals surface area (Å²) in [5.41, 5.74) is 3.90. The van der Waals surface area contributed by atoms with Gasteiger partial charge in [-0.3, -0.25) is 14.5 Å². The fraction of sp³-hybridized carbons (Fsp3) is 0.417. The molecule has 0 aromatic heterocycles. The predicted octanol–water partition coefficient (Wildman–Crippen LogP) is 6.75. The fourth-order valence-corrected chi connectivity index (χ4v) is 14.0. The number of benzene rings is 2. The minimum Gasteiger partial charge on any atom is -0.270 e. The molecule has 2 aromatic carbocycles. The van der Waals surface area contributed by atoms with Crippen LogP contribution in [0.2, 0.25) is 16.6 Å². The van der Waals surface area contributed by atoms with E-state index in [0.29, 0.717) is 34.3 Å². The second kappa shape index (κ2) is 8.48. The highest BCUT2D eigenvalue weighted by Crippen LogP contribution is 2.52. The molecule has 0 atom stereocenters. The number of hydrogen-bond acceptors (Lipinski definition) is 3. The Morgan fingerprint density at radius 3 is 1.90 bits per heavy atom. The van der Waals surface area contributed by atoms with Gasteiger partial charge in [0.2, 0.25) is 0 Å². The van der Waals surface area contributed by atoms with Crippen LogP contribution in [-0.4, -0.2) is 23.9 Å². The average Bonchev–Trinajstić information content (AvgIpc) is 2.90. The number of nitrogens with zero attached hydrogens (tertiary/aromatic N) is 1. The zero-order valence-electron chi connectivity index (χ0n) is 18.2. The van der Waals surface area contributed by atoms with Crippen molar-refractivity contribution in [1.82, 2.24) is 4.90 Å². The van der Waals surface area contributed by atoms with Gasteiger partial charge in [0.15, 0.2) is 0 Å². The van der Waals surface area contributed by atoms with Gasteiger partial charge in [-0.2, -0.15) is 11.2 Å². The lowest BCUT2D eigenvalue weighted by molar-refractivity contribution is 0.0642. The quantitative estimate of drug-likeness (QED) is 0.364. The van der Waals surface area contributed by atoms with Gasteiger partial charge < -0.3 is 0 Å². The first-order valence-corrected chi connectivity index (χ1v) is 14.2. The number of amides is 2. The first-order chi connectivity index (χ1) is 13.7. The van der Waals surface area contributed by atoms with Crippen LogP contribution in [0.15, 0.2) is 53.4 Å². The van der Waals surface area contributed by atoms with Crippen LogP contribution in [0, 0.1) is 0 Å². The standard InChI is InChI=1S/C24H31NO2SSi/c1-16(2)29(17(3)4,18(5)6)28-20-12-13-21-22(14-20)24(27)25(23(21)26)15-19-10-8-7-9-11-19/h7-14,16-18H,15H2,1-6H3. The molecule has 154 valence electrons. The first-order valence-electron chi connectivity index (χ1n) is 10.4. The largest absolute Gasteiger partial charge is 0.270 e. The lowest BCUT2D eigenvalue weighted by Gasteiger charge is -2.42. The number of fused-ring (bicyclic) bond motifs is 1. The van der Waals surface area contributed by atoms with Gasteiger partial charge in [-0.1, -0.05) is 71.9 Å². The van der Waals surface area contributed by atoms with Crippen molar-refractivity contribution in [1.29, 1.82) is 0 Å². The van der Waals surface area contributed by atoms with E-state index in [2.05, 4.69) is 41.5 Å². The van der Waals surface area contributed by atoms with Crippen molar-refractivity contribution in [3.8, 4) is 0 Å². The van der Waals surface area contributed by atoms with Crippen LogP contribution in [0.3, 0.4) is 0 Å². The van der Waals surface area contributed by atoms with Crippen molar-refractivity contribution >= 4 is 30.2 Å². The Morgan fingerprint density at radius 1 is 0.793 bits per heavy atom. The Hall–Kier alpha value is -1.85. The molecule has 0 aliphatic carbocycles. The van der Waals surface area contributed by atoms with Crippen molar-refractivity contribution in [2.45, 2.75) is 69.6 Å². The van der Waals surface area contributed by atoms with Crippen LogP contribution < -0.4 is 0 Å². The maximum absolute atomic E-state index is 13.0. The predicted molar refractivity (Wildman–Crippen MR) is 124 cm³/mol. The molecule has 0 bridgehead atoms. The van der Waals surface area contributed by atoms with E-state index in [1.165, 1.54) is 4.90 Å². The van der Waals surface area contributed by atoms with Crippen molar-refractivity contribution in [3.63, 3.8) is 0 Å². The van der Waals surface area contributed by atoms with E-state index in [4.69, 9.17) is 0 Å². The van der Waals surface area contributed by atoms with Gasteiger partial charge in [0.05, 0.1) is 17.7 Å². The molecule has 1 aliphatic rings. The molecule has 0 spiro atoms. The van der Waals surface area contributed by atoms with Crippen molar-refractivity contribution in [3.05, 3.63) is 65.2 Å². The van der Waals surface area contributed by atoms with Crippen LogP contribution in [0.5, 0.6) is 0 Å². The summed E-state index contributed by atoms with van der Waals surface area (Å²) in [4.78, 5) is 28.4. The molecule has 0 N–H and O–H groups in total. The summed E-state index contributed by atoms with van der Waals surface area (Å²) >= 11 is 1.99. The molecule has 0 radical (unpaired) electrons. The van der Waals surface area contributed by atoms with E-state index < -0.39 is 7.22 Å². The summed E-state index contributed by atoms with van der Waals surface area (Å²) in [6, 6.07) is 15.5. The minimum atomic E-state index is -1.71. The zero-order valence-corrected chi connectivity index (χ0v) is 20.0. The highest BCUT2D eigenvalue weighted by atomic mass is 32.4. The summed E-state index contributed by atoms with van der Waals surface area (Å²) in [6.07, 6.45) is 0. The third-order valence-electron chi connectivity index (χ3n) is 6.13. The maximum atomic E-state index is 13.0. The molecule has 1 aliphatic heterocycles. The smallest absolute Gasteiger partial charge is 0.261 e. The van der Waals surface area contributed by atoms with Gasteiger partial charge >= 0.3 is 0 Å². The second-order valence-electron chi connectivity index (χ2n) is 8.81. The van der Waals surface area contributed by atoms with Crippen LogP contribution in [0.25, 0.3) is 0 Å². The number of hydrogen-bond donors (Lipinski definition) is 0. The number of carbonyl (C=O) groups is 2. The topological polar surface area (TPSA) is 37.4 Å². The van der Waals surface area contributed by atoms with Crippen molar-refractivity contribution in [2.24, 2.45) is 0 Å². The Morgan fingerprint density at radius 2 is 1.34 bits per heavy atom. The van der Waals surface area contributed by atoms with Crippen molar-refractivity contribution < 1.29 is 9.59 Å².